The molecule has 0 bridgehead atoms. The van der Waals surface area contributed by atoms with Crippen molar-refractivity contribution in [2.24, 2.45) is 4.99 Å². The number of carbonyl (C=O) groups excluding carboxylic acids is 3. The summed E-state index contributed by atoms with van der Waals surface area (Å²) < 4.78 is 5.05. The third kappa shape index (κ3) is 8.18. The fraction of sp³-hybridized carbons (Fsp3) is 0.267. The van der Waals surface area contributed by atoms with Gasteiger partial charge in [0.1, 0.15) is 0 Å². The van der Waals surface area contributed by atoms with Crippen LogP contribution < -0.4 is 5.32 Å². The second-order valence-corrected chi connectivity index (χ2v) is 10.5. The van der Waals surface area contributed by atoms with E-state index < -0.39 is 11.2 Å². The van der Waals surface area contributed by atoms with Crippen LogP contribution in [-0.2, 0) is 27.2 Å². The molecule has 0 saturated carbocycles. The van der Waals surface area contributed by atoms with E-state index in [9.17, 15) is 14.4 Å². The van der Waals surface area contributed by atoms with Gasteiger partial charge in [-0.15, -0.1) is 0 Å². The average Bonchev–Trinajstić information content (AvgIpc) is 2.94. The molecular formula is C30H30ClN3O4S. The first-order chi connectivity index (χ1) is 18.9. The number of halogens is 1. The summed E-state index contributed by atoms with van der Waals surface area (Å²) in [5.41, 5.74) is 3.16. The van der Waals surface area contributed by atoms with Gasteiger partial charge in [-0.05, 0) is 67.3 Å². The molecule has 7 nitrogen and oxygen atoms in total. The lowest BCUT2D eigenvalue weighted by Gasteiger charge is -2.32. The van der Waals surface area contributed by atoms with Crippen molar-refractivity contribution >= 4 is 52.0 Å². The van der Waals surface area contributed by atoms with Gasteiger partial charge in [0, 0.05) is 24.5 Å². The number of esters is 1. The van der Waals surface area contributed by atoms with Gasteiger partial charge >= 0.3 is 5.97 Å². The van der Waals surface area contributed by atoms with Crippen molar-refractivity contribution in [3.05, 3.63) is 101 Å². The van der Waals surface area contributed by atoms with Gasteiger partial charge in [-0.3, -0.25) is 14.5 Å². The minimum atomic E-state index is -0.586. The smallest absolute Gasteiger partial charge is 0.338 e. The summed E-state index contributed by atoms with van der Waals surface area (Å²) in [6.45, 7) is 2.94. The van der Waals surface area contributed by atoms with Crippen molar-refractivity contribution in [1.29, 1.82) is 0 Å². The van der Waals surface area contributed by atoms with Gasteiger partial charge in [0.25, 0.3) is 0 Å². The molecule has 0 spiro atoms. The fourth-order valence-electron chi connectivity index (χ4n) is 4.04. The number of benzene rings is 3. The van der Waals surface area contributed by atoms with E-state index in [4.69, 9.17) is 21.3 Å². The molecule has 0 aliphatic carbocycles. The molecule has 2 amide bonds. The molecule has 3 aromatic rings. The number of nitrogens with zero attached hydrogens (tertiary/aromatic N) is 2. The van der Waals surface area contributed by atoms with E-state index in [1.165, 1.54) is 11.8 Å². The second kappa shape index (κ2) is 14.0. The number of rotatable bonds is 10. The Labute approximate surface area is 237 Å². The van der Waals surface area contributed by atoms with Crippen LogP contribution in [0.5, 0.6) is 0 Å². The first-order valence-corrected chi connectivity index (χ1v) is 14.1. The Morgan fingerprint density at radius 2 is 1.69 bits per heavy atom. The van der Waals surface area contributed by atoms with Gasteiger partial charge in [0.15, 0.2) is 5.17 Å². The Bertz CT molecular complexity index is 1310. The maximum atomic E-state index is 13.3. The number of thioether (sulfide) groups is 1. The molecular weight excluding hydrogens is 534 g/mol. The molecule has 3 aromatic carbocycles. The number of carbonyl (C=O) groups is 3. The van der Waals surface area contributed by atoms with Crippen LogP contribution in [0.2, 0.25) is 5.02 Å². The highest BCUT2D eigenvalue weighted by atomic mass is 35.5. The van der Waals surface area contributed by atoms with E-state index in [0.717, 1.165) is 11.1 Å². The van der Waals surface area contributed by atoms with Gasteiger partial charge < -0.3 is 10.1 Å². The standard InChI is InChI=1S/C30H30ClN3O4S/c1-2-38-29(37)23-10-14-25(15-11-23)33-30-34(19-17-22-8-12-24(31)13-9-22)27(35)20-26(39-30)28(36)32-18-16-21-6-4-3-5-7-21/h3-15,26H,2,16-20H2,1H3,(H,32,36). The Hall–Kier alpha value is -3.62. The average molecular weight is 564 g/mol. The van der Waals surface area contributed by atoms with Crippen LogP contribution in [0.3, 0.4) is 0 Å². The lowest BCUT2D eigenvalue weighted by molar-refractivity contribution is -0.130. The van der Waals surface area contributed by atoms with Crippen LogP contribution in [0.25, 0.3) is 0 Å². The van der Waals surface area contributed by atoms with Crippen molar-refractivity contribution in [2.75, 3.05) is 19.7 Å². The SMILES string of the molecule is CCOC(=O)c1ccc(N=C2SC(C(=O)NCCc3ccccc3)CC(=O)N2CCc2ccc(Cl)cc2)cc1. The Morgan fingerprint density at radius 3 is 2.38 bits per heavy atom. The monoisotopic (exact) mass is 563 g/mol. The summed E-state index contributed by atoms with van der Waals surface area (Å²) in [4.78, 5) is 44.6. The largest absolute Gasteiger partial charge is 0.462 e. The summed E-state index contributed by atoms with van der Waals surface area (Å²) in [6, 6.07) is 24.1. The van der Waals surface area contributed by atoms with E-state index >= 15 is 0 Å². The van der Waals surface area contributed by atoms with E-state index in [2.05, 4.69) is 5.32 Å². The van der Waals surface area contributed by atoms with E-state index in [1.807, 2.05) is 54.6 Å². The number of amidine groups is 1. The topological polar surface area (TPSA) is 88.1 Å². The van der Waals surface area contributed by atoms with Crippen molar-refractivity contribution in [1.82, 2.24) is 10.2 Å². The van der Waals surface area contributed by atoms with Crippen molar-refractivity contribution < 1.29 is 19.1 Å². The number of nitrogens with one attached hydrogen (secondary N) is 1. The van der Waals surface area contributed by atoms with E-state index in [-0.39, 0.29) is 18.2 Å². The van der Waals surface area contributed by atoms with Gasteiger partial charge in [0.05, 0.1) is 23.1 Å². The van der Waals surface area contributed by atoms with E-state index in [1.54, 1.807) is 36.1 Å². The first-order valence-electron chi connectivity index (χ1n) is 12.8. The quantitative estimate of drug-likeness (QED) is 0.332. The highest BCUT2D eigenvalue weighted by Crippen LogP contribution is 2.29. The lowest BCUT2D eigenvalue weighted by Crippen LogP contribution is -2.47. The van der Waals surface area contributed by atoms with E-state index in [0.29, 0.717) is 54.0 Å². The van der Waals surface area contributed by atoms with Gasteiger partial charge in [-0.2, -0.15) is 0 Å². The summed E-state index contributed by atoms with van der Waals surface area (Å²) in [5, 5.41) is 3.48. The second-order valence-electron chi connectivity index (χ2n) is 8.92. The normalized spacial score (nSPS) is 16.3. The van der Waals surface area contributed by atoms with Crippen LogP contribution in [-0.4, -0.2) is 52.8 Å². The molecule has 1 heterocycles. The van der Waals surface area contributed by atoms with Crippen molar-refractivity contribution in [2.45, 2.75) is 31.4 Å². The molecule has 1 N–H and O–H groups in total. The predicted octanol–water partition coefficient (Wildman–Crippen LogP) is 5.44. The molecule has 1 saturated heterocycles. The maximum absolute atomic E-state index is 13.3. The molecule has 1 fully saturated rings. The third-order valence-electron chi connectivity index (χ3n) is 6.13. The zero-order chi connectivity index (χ0) is 27.6. The highest BCUT2D eigenvalue weighted by molar-refractivity contribution is 8.15. The van der Waals surface area contributed by atoms with Gasteiger partial charge in [-0.1, -0.05) is 65.8 Å². The highest BCUT2D eigenvalue weighted by Gasteiger charge is 2.35. The Morgan fingerprint density at radius 1 is 1.00 bits per heavy atom. The third-order valence-corrected chi connectivity index (χ3v) is 7.57. The number of ether oxygens (including phenoxy) is 1. The van der Waals surface area contributed by atoms with Gasteiger partial charge in [-0.25, -0.2) is 9.79 Å². The predicted molar refractivity (Wildman–Crippen MR) is 156 cm³/mol. The first kappa shape index (κ1) is 28.4. The van der Waals surface area contributed by atoms with Crippen molar-refractivity contribution in [3.63, 3.8) is 0 Å². The van der Waals surface area contributed by atoms with Crippen LogP contribution in [0.4, 0.5) is 5.69 Å². The molecule has 1 aliphatic rings. The summed E-state index contributed by atoms with van der Waals surface area (Å²) >= 11 is 7.29. The van der Waals surface area contributed by atoms with Crippen molar-refractivity contribution in [3.8, 4) is 0 Å². The minimum absolute atomic E-state index is 0.0866. The number of aliphatic imine (C=N–C) groups is 1. The summed E-state index contributed by atoms with van der Waals surface area (Å²) in [7, 11) is 0. The molecule has 39 heavy (non-hydrogen) atoms. The summed E-state index contributed by atoms with van der Waals surface area (Å²) in [6.07, 6.45) is 1.40. The van der Waals surface area contributed by atoms with Crippen LogP contribution in [0.15, 0.2) is 83.9 Å². The molecule has 1 unspecified atom stereocenters. The maximum Gasteiger partial charge on any atom is 0.338 e. The fourth-order valence-corrected chi connectivity index (χ4v) is 5.31. The molecule has 1 aliphatic heterocycles. The van der Waals surface area contributed by atoms with Crippen LogP contribution >= 0.6 is 23.4 Å². The number of hydrogen-bond donors (Lipinski definition) is 1. The van der Waals surface area contributed by atoms with Crippen LogP contribution in [0.1, 0.15) is 34.8 Å². The molecule has 1 atom stereocenters. The Kier molecular flexibility index (Phi) is 10.2. The zero-order valence-corrected chi connectivity index (χ0v) is 23.2. The molecule has 9 heteroatoms. The minimum Gasteiger partial charge on any atom is -0.462 e. The molecule has 4 rings (SSSR count). The summed E-state index contributed by atoms with van der Waals surface area (Å²) in [5.74, 6) is -0.754. The molecule has 202 valence electrons. The molecule has 0 radical (unpaired) electrons. The zero-order valence-electron chi connectivity index (χ0n) is 21.6. The van der Waals surface area contributed by atoms with Crippen LogP contribution in [0, 0.1) is 0 Å². The lowest BCUT2D eigenvalue weighted by atomic mass is 10.1. The number of hydrogen-bond acceptors (Lipinski definition) is 6. The molecule has 0 aromatic heterocycles. The Balaban J connectivity index is 1.49. The number of amides is 2. The van der Waals surface area contributed by atoms with Gasteiger partial charge in [0.2, 0.25) is 11.8 Å².